The van der Waals surface area contributed by atoms with Crippen LogP contribution >= 0.6 is 23.1 Å². The van der Waals surface area contributed by atoms with Crippen LogP contribution in [-0.4, -0.2) is 46.2 Å². The van der Waals surface area contributed by atoms with Crippen LogP contribution in [0, 0.1) is 5.41 Å². The largest absolute Gasteiger partial charge is 0.493 e. The van der Waals surface area contributed by atoms with Gasteiger partial charge in [0.15, 0.2) is 17.3 Å². The van der Waals surface area contributed by atoms with E-state index in [9.17, 15) is 22.8 Å². The first-order chi connectivity index (χ1) is 15.2. The van der Waals surface area contributed by atoms with Crippen molar-refractivity contribution in [3.05, 3.63) is 51.7 Å². The number of carbonyl (C=O) groups is 2. The first kappa shape index (κ1) is 21.8. The molecule has 2 aliphatic rings. The van der Waals surface area contributed by atoms with Crippen LogP contribution in [0.15, 0.2) is 51.4 Å². The first-order valence-electron chi connectivity index (χ1n) is 8.68. The van der Waals surface area contributed by atoms with Gasteiger partial charge in [0.2, 0.25) is 10.2 Å². The molecule has 1 amide bonds. The van der Waals surface area contributed by atoms with E-state index in [1.54, 1.807) is 17.5 Å². The van der Waals surface area contributed by atoms with Crippen LogP contribution in [0.25, 0.3) is 6.08 Å². The number of carbonyl (C=O) groups excluding carboxylic acids is 2. The summed E-state index contributed by atoms with van der Waals surface area (Å²) in [5.41, 5.74) is 0.114. The number of nitrogens with one attached hydrogen (secondary N) is 1. The van der Waals surface area contributed by atoms with Crippen LogP contribution in [0.3, 0.4) is 0 Å². The Kier molecular flexibility index (Phi) is 5.60. The summed E-state index contributed by atoms with van der Waals surface area (Å²) >= 11 is 1.39. The second-order valence-electron chi connectivity index (χ2n) is 6.20. The number of hydrogen-bond donors (Lipinski definition) is 1. The molecule has 1 N–H and O–H groups in total. The Bertz CT molecular complexity index is 1220. The SMILES string of the molecule is COc1cc(/C=C2/C(=N)N3N=C(C(F)(F)F)SC3=NC2=O)ccc1OC(=O)c1cccs1. The molecule has 1 aromatic carbocycles. The zero-order valence-corrected chi connectivity index (χ0v) is 17.6. The fourth-order valence-corrected chi connectivity index (χ4v) is 4.03. The zero-order valence-electron chi connectivity index (χ0n) is 16.0. The molecule has 164 valence electrons. The molecule has 2 aliphatic heterocycles. The third-order valence-corrected chi connectivity index (χ3v) is 5.92. The maximum atomic E-state index is 12.9. The molecule has 0 radical (unpaired) electrons. The van der Waals surface area contributed by atoms with Gasteiger partial charge in [0.25, 0.3) is 5.91 Å². The van der Waals surface area contributed by atoms with Gasteiger partial charge in [-0.25, -0.2) is 4.79 Å². The van der Waals surface area contributed by atoms with Gasteiger partial charge in [-0.2, -0.15) is 28.3 Å². The standard InChI is InChI=1S/C19H11F3N4O4S2/c1-29-12-8-9(4-5-11(12)30-16(28)13-3-2-6-31-13)7-10-14(23)26-18(24-15(10)27)32-17(25-26)19(20,21)22/h2-8,23H,1H3/b10-7-,23-14?. The van der Waals surface area contributed by atoms with Crippen molar-refractivity contribution in [1.29, 1.82) is 5.41 Å². The molecule has 4 rings (SSSR count). The van der Waals surface area contributed by atoms with Crippen LogP contribution in [0.2, 0.25) is 0 Å². The molecule has 8 nitrogen and oxygen atoms in total. The van der Waals surface area contributed by atoms with Crippen molar-refractivity contribution in [2.24, 2.45) is 10.1 Å². The fraction of sp³-hybridized carbons (Fsp3) is 0.105. The molecule has 0 spiro atoms. The van der Waals surface area contributed by atoms with Gasteiger partial charge >= 0.3 is 12.1 Å². The average Bonchev–Trinajstić information content (AvgIpc) is 3.42. The van der Waals surface area contributed by atoms with Crippen LogP contribution < -0.4 is 9.47 Å². The number of ether oxygens (including phenoxy) is 2. The highest BCUT2D eigenvalue weighted by molar-refractivity contribution is 8.27. The van der Waals surface area contributed by atoms with E-state index in [2.05, 4.69) is 10.1 Å². The van der Waals surface area contributed by atoms with Crippen LogP contribution in [0.1, 0.15) is 15.2 Å². The van der Waals surface area contributed by atoms with E-state index in [0.717, 1.165) is 0 Å². The average molecular weight is 480 g/mol. The van der Waals surface area contributed by atoms with Gasteiger partial charge in [-0.3, -0.25) is 10.2 Å². The quantitative estimate of drug-likeness (QED) is 0.400. The third-order valence-electron chi connectivity index (χ3n) is 4.12. The number of alkyl halides is 3. The van der Waals surface area contributed by atoms with Gasteiger partial charge < -0.3 is 9.47 Å². The summed E-state index contributed by atoms with van der Waals surface area (Å²) in [5.74, 6) is -1.68. The molecule has 0 saturated carbocycles. The van der Waals surface area contributed by atoms with E-state index in [0.29, 0.717) is 15.4 Å². The summed E-state index contributed by atoms with van der Waals surface area (Å²) in [5, 5.41) is 12.3. The predicted molar refractivity (Wildman–Crippen MR) is 113 cm³/mol. The number of amidine groups is 2. The molecular formula is C19H11F3N4O4S2. The third kappa shape index (κ3) is 4.16. The Hall–Kier alpha value is -3.45. The number of halogens is 3. The van der Waals surface area contributed by atoms with Crippen molar-refractivity contribution in [3.8, 4) is 11.5 Å². The van der Waals surface area contributed by atoms with Gasteiger partial charge in [0.1, 0.15) is 4.88 Å². The van der Waals surface area contributed by atoms with Gasteiger partial charge in [0, 0.05) is 0 Å². The van der Waals surface area contributed by atoms with Gasteiger partial charge in [-0.1, -0.05) is 12.1 Å². The molecule has 0 atom stereocenters. The zero-order chi connectivity index (χ0) is 23.0. The second-order valence-corrected chi connectivity index (χ2v) is 8.10. The van der Waals surface area contributed by atoms with E-state index in [-0.39, 0.29) is 34.0 Å². The second kappa shape index (κ2) is 8.24. The smallest absolute Gasteiger partial charge is 0.441 e. The van der Waals surface area contributed by atoms with Gasteiger partial charge in [0.05, 0.1) is 12.7 Å². The number of fused-ring (bicyclic) bond motifs is 1. The Balaban J connectivity index is 1.61. The predicted octanol–water partition coefficient (Wildman–Crippen LogP) is 4.16. The number of benzene rings is 1. The minimum absolute atomic E-state index is 0.133. The normalized spacial score (nSPS) is 17.2. The van der Waals surface area contributed by atoms with Gasteiger partial charge in [-0.15, -0.1) is 11.3 Å². The summed E-state index contributed by atoms with van der Waals surface area (Å²) in [7, 11) is 1.36. The summed E-state index contributed by atoms with van der Waals surface area (Å²) in [6, 6.07) is 7.70. The molecule has 32 heavy (non-hydrogen) atoms. The number of thiophene rings is 1. The molecule has 2 aromatic rings. The summed E-state index contributed by atoms with van der Waals surface area (Å²) in [6.07, 6.45) is -3.45. The minimum atomic E-state index is -4.72. The number of hydrogen-bond acceptors (Lipinski definition) is 8. The molecule has 0 fully saturated rings. The maximum absolute atomic E-state index is 12.9. The van der Waals surface area contributed by atoms with Crippen molar-refractivity contribution in [2.75, 3.05) is 7.11 Å². The van der Waals surface area contributed by atoms with Crippen molar-refractivity contribution < 1.29 is 32.2 Å². The molecular weight excluding hydrogens is 469 g/mol. The molecule has 0 bridgehead atoms. The van der Waals surface area contributed by atoms with Crippen LogP contribution in [-0.2, 0) is 4.79 Å². The lowest BCUT2D eigenvalue weighted by Crippen LogP contribution is -2.35. The lowest BCUT2D eigenvalue weighted by molar-refractivity contribution is -0.114. The van der Waals surface area contributed by atoms with E-state index < -0.39 is 28.9 Å². The Morgan fingerprint density at radius 1 is 1.25 bits per heavy atom. The number of methoxy groups -OCH3 is 1. The fourth-order valence-electron chi connectivity index (χ4n) is 2.68. The Labute approximate surface area is 186 Å². The van der Waals surface area contributed by atoms with Crippen molar-refractivity contribution in [2.45, 2.75) is 6.18 Å². The van der Waals surface area contributed by atoms with E-state index >= 15 is 0 Å². The van der Waals surface area contributed by atoms with E-state index in [1.807, 2.05) is 0 Å². The first-order valence-corrected chi connectivity index (χ1v) is 10.4. The highest BCUT2D eigenvalue weighted by Crippen LogP contribution is 2.36. The molecule has 1 aromatic heterocycles. The summed E-state index contributed by atoms with van der Waals surface area (Å²) in [6.45, 7) is 0. The van der Waals surface area contributed by atoms with Crippen molar-refractivity contribution in [3.63, 3.8) is 0 Å². The van der Waals surface area contributed by atoms with E-state index in [4.69, 9.17) is 14.9 Å². The molecule has 3 heterocycles. The number of nitrogens with zero attached hydrogens (tertiary/aromatic N) is 3. The van der Waals surface area contributed by atoms with Crippen LogP contribution in [0.5, 0.6) is 11.5 Å². The number of hydrazone groups is 1. The number of aliphatic imine (C=N–C) groups is 1. The Morgan fingerprint density at radius 3 is 2.69 bits per heavy atom. The number of esters is 1. The maximum Gasteiger partial charge on any atom is 0.441 e. The summed E-state index contributed by atoms with van der Waals surface area (Å²) in [4.78, 5) is 28.5. The summed E-state index contributed by atoms with van der Waals surface area (Å²) < 4.78 is 49.3. The topological polar surface area (TPSA) is 104 Å². The molecule has 0 aliphatic carbocycles. The number of amides is 1. The highest BCUT2D eigenvalue weighted by Gasteiger charge is 2.46. The minimum Gasteiger partial charge on any atom is -0.493 e. The lowest BCUT2D eigenvalue weighted by atomic mass is 10.1. The molecule has 13 heteroatoms. The van der Waals surface area contributed by atoms with Gasteiger partial charge in [-0.05, 0) is 47.0 Å². The van der Waals surface area contributed by atoms with Crippen molar-refractivity contribution >= 4 is 57.1 Å². The Morgan fingerprint density at radius 2 is 2.03 bits per heavy atom. The number of rotatable bonds is 4. The number of thioether (sulfide) groups is 1. The van der Waals surface area contributed by atoms with E-state index in [1.165, 1.54) is 42.7 Å². The highest BCUT2D eigenvalue weighted by atomic mass is 32.2. The molecule has 0 unspecified atom stereocenters. The van der Waals surface area contributed by atoms with Crippen molar-refractivity contribution in [1.82, 2.24) is 5.01 Å². The monoisotopic (exact) mass is 480 g/mol. The molecule has 0 saturated heterocycles. The van der Waals surface area contributed by atoms with Crippen LogP contribution in [0.4, 0.5) is 13.2 Å². The lowest BCUT2D eigenvalue weighted by Gasteiger charge is -2.20.